The van der Waals surface area contributed by atoms with Gasteiger partial charge in [0.2, 0.25) is 11.8 Å². The Morgan fingerprint density at radius 2 is 1.90 bits per heavy atom. The third-order valence-corrected chi connectivity index (χ3v) is 4.73. The van der Waals surface area contributed by atoms with Crippen LogP contribution in [0.1, 0.15) is 37.7 Å². The lowest BCUT2D eigenvalue weighted by molar-refractivity contribution is -0.146. The van der Waals surface area contributed by atoms with Gasteiger partial charge in [-0.2, -0.15) is 0 Å². The van der Waals surface area contributed by atoms with Crippen molar-refractivity contribution in [3.8, 4) is 0 Å². The van der Waals surface area contributed by atoms with Crippen molar-refractivity contribution < 1.29 is 9.59 Å². The normalized spacial score (nSPS) is 25.9. The average Bonchev–Trinajstić information content (AvgIpc) is 3.26. The van der Waals surface area contributed by atoms with E-state index in [0.717, 1.165) is 18.4 Å². The number of likely N-dealkylation sites (tertiary alicyclic amines) is 1. The molecule has 0 spiro atoms. The minimum atomic E-state index is -0.502. The number of imide groups is 1. The van der Waals surface area contributed by atoms with Crippen LogP contribution in [0.4, 0.5) is 0 Å². The second-order valence-corrected chi connectivity index (χ2v) is 6.07. The molecule has 1 aliphatic heterocycles. The van der Waals surface area contributed by atoms with Crippen molar-refractivity contribution in [1.29, 1.82) is 0 Å². The van der Waals surface area contributed by atoms with Crippen molar-refractivity contribution in [2.24, 2.45) is 11.7 Å². The van der Waals surface area contributed by atoms with Gasteiger partial charge >= 0.3 is 0 Å². The van der Waals surface area contributed by atoms with Gasteiger partial charge in [0.15, 0.2) is 0 Å². The Morgan fingerprint density at radius 1 is 1.25 bits per heavy atom. The Labute approximate surface area is 118 Å². The molecule has 1 aromatic rings. The van der Waals surface area contributed by atoms with Gasteiger partial charge in [-0.15, -0.1) is 0 Å². The zero-order valence-corrected chi connectivity index (χ0v) is 11.7. The van der Waals surface area contributed by atoms with Crippen LogP contribution in [0.25, 0.3) is 0 Å². The maximum Gasteiger partial charge on any atom is 0.237 e. The summed E-state index contributed by atoms with van der Waals surface area (Å²) in [7, 11) is 0. The highest BCUT2D eigenvalue weighted by Gasteiger charge is 2.53. The maximum absolute atomic E-state index is 12.7. The fourth-order valence-electron chi connectivity index (χ4n) is 3.26. The van der Waals surface area contributed by atoms with E-state index in [-0.39, 0.29) is 24.2 Å². The molecule has 1 aliphatic carbocycles. The van der Waals surface area contributed by atoms with E-state index in [0.29, 0.717) is 12.5 Å². The van der Waals surface area contributed by atoms with E-state index in [9.17, 15) is 9.59 Å². The summed E-state index contributed by atoms with van der Waals surface area (Å²) < 4.78 is 0. The monoisotopic (exact) mass is 272 g/mol. The van der Waals surface area contributed by atoms with Crippen molar-refractivity contribution in [2.45, 2.75) is 37.6 Å². The highest BCUT2D eigenvalue weighted by molar-refractivity contribution is 6.07. The van der Waals surface area contributed by atoms with Crippen LogP contribution < -0.4 is 5.73 Å². The molecule has 1 heterocycles. The smallest absolute Gasteiger partial charge is 0.237 e. The molecule has 2 amide bonds. The van der Waals surface area contributed by atoms with Crippen LogP contribution in [0.15, 0.2) is 30.3 Å². The first-order valence-electron chi connectivity index (χ1n) is 7.20. The number of rotatable bonds is 4. The SMILES string of the molecule is CC(CN)(C1CC1)N1C(=O)CC(c2ccccc2)C1=O. The van der Waals surface area contributed by atoms with Crippen molar-refractivity contribution >= 4 is 11.8 Å². The number of hydrogen-bond acceptors (Lipinski definition) is 3. The molecule has 2 aliphatic rings. The van der Waals surface area contributed by atoms with Crippen molar-refractivity contribution in [1.82, 2.24) is 4.90 Å². The molecule has 1 saturated heterocycles. The molecule has 2 unspecified atom stereocenters. The van der Waals surface area contributed by atoms with Crippen LogP contribution in [0.2, 0.25) is 0 Å². The molecule has 106 valence electrons. The molecule has 20 heavy (non-hydrogen) atoms. The number of carbonyl (C=O) groups is 2. The van der Waals surface area contributed by atoms with Gasteiger partial charge in [0.25, 0.3) is 0 Å². The van der Waals surface area contributed by atoms with Crippen molar-refractivity contribution in [2.75, 3.05) is 6.54 Å². The van der Waals surface area contributed by atoms with Crippen LogP contribution in [0, 0.1) is 5.92 Å². The number of nitrogens with zero attached hydrogens (tertiary/aromatic N) is 1. The molecule has 2 atom stereocenters. The fourth-order valence-corrected chi connectivity index (χ4v) is 3.26. The Morgan fingerprint density at radius 3 is 2.45 bits per heavy atom. The summed E-state index contributed by atoms with van der Waals surface area (Å²) in [6, 6.07) is 9.54. The van der Waals surface area contributed by atoms with E-state index in [1.54, 1.807) is 0 Å². The summed E-state index contributed by atoms with van der Waals surface area (Å²) >= 11 is 0. The second kappa shape index (κ2) is 4.70. The number of carbonyl (C=O) groups excluding carboxylic acids is 2. The summed E-state index contributed by atoms with van der Waals surface area (Å²) in [4.78, 5) is 26.5. The van der Waals surface area contributed by atoms with Gasteiger partial charge in [0.1, 0.15) is 0 Å². The van der Waals surface area contributed by atoms with E-state index in [4.69, 9.17) is 5.73 Å². The van der Waals surface area contributed by atoms with Gasteiger partial charge in [-0.3, -0.25) is 14.5 Å². The summed E-state index contributed by atoms with van der Waals surface area (Å²) in [5.41, 5.74) is 6.31. The molecule has 0 bridgehead atoms. The van der Waals surface area contributed by atoms with Gasteiger partial charge in [0, 0.05) is 13.0 Å². The van der Waals surface area contributed by atoms with Gasteiger partial charge in [0.05, 0.1) is 11.5 Å². The topological polar surface area (TPSA) is 63.4 Å². The minimum Gasteiger partial charge on any atom is -0.328 e. The van der Waals surface area contributed by atoms with Crippen LogP contribution >= 0.6 is 0 Å². The van der Waals surface area contributed by atoms with Crippen LogP contribution in [-0.4, -0.2) is 28.8 Å². The van der Waals surface area contributed by atoms with E-state index >= 15 is 0 Å². The molecule has 1 aromatic carbocycles. The lowest BCUT2D eigenvalue weighted by Gasteiger charge is -2.37. The Bertz CT molecular complexity index is 539. The summed E-state index contributed by atoms with van der Waals surface area (Å²) in [6.45, 7) is 2.30. The second-order valence-electron chi connectivity index (χ2n) is 6.07. The summed E-state index contributed by atoms with van der Waals surface area (Å²) in [5.74, 6) is -0.131. The Balaban J connectivity index is 1.91. The van der Waals surface area contributed by atoms with Crippen LogP contribution in [-0.2, 0) is 9.59 Å². The molecule has 0 aromatic heterocycles. The minimum absolute atomic E-state index is 0.0799. The number of amides is 2. The largest absolute Gasteiger partial charge is 0.328 e. The first-order valence-corrected chi connectivity index (χ1v) is 7.20. The van der Waals surface area contributed by atoms with Gasteiger partial charge < -0.3 is 5.73 Å². The van der Waals surface area contributed by atoms with Gasteiger partial charge in [-0.1, -0.05) is 30.3 Å². The van der Waals surface area contributed by atoms with Crippen LogP contribution in [0.5, 0.6) is 0 Å². The van der Waals surface area contributed by atoms with E-state index in [2.05, 4.69) is 0 Å². The quantitative estimate of drug-likeness (QED) is 0.848. The highest BCUT2D eigenvalue weighted by Crippen LogP contribution is 2.46. The Kier molecular flexibility index (Phi) is 3.13. The molecule has 2 N–H and O–H groups in total. The number of hydrogen-bond donors (Lipinski definition) is 1. The average molecular weight is 272 g/mol. The van der Waals surface area contributed by atoms with Gasteiger partial charge in [-0.25, -0.2) is 0 Å². The molecule has 3 rings (SSSR count). The van der Waals surface area contributed by atoms with Crippen LogP contribution in [0.3, 0.4) is 0 Å². The predicted molar refractivity (Wildman–Crippen MR) is 75.8 cm³/mol. The third kappa shape index (κ3) is 1.95. The first-order chi connectivity index (χ1) is 9.58. The van der Waals surface area contributed by atoms with Crippen molar-refractivity contribution in [3.63, 3.8) is 0 Å². The molecule has 4 nitrogen and oxygen atoms in total. The lowest BCUT2D eigenvalue weighted by Crippen LogP contribution is -2.56. The fraction of sp³-hybridized carbons (Fsp3) is 0.500. The maximum atomic E-state index is 12.7. The molecule has 2 fully saturated rings. The number of nitrogens with two attached hydrogens (primary N) is 1. The molecular weight excluding hydrogens is 252 g/mol. The zero-order valence-electron chi connectivity index (χ0n) is 11.7. The standard InChI is InChI=1S/C16H20N2O2/c1-16(10-17,12-7-8-12)18-14(19)9-13(15(18)20)11-5-3-2-4-6-11/h2-6,12-13H,7-10,17H2,1H3. The predicted octanol–water partition coefficient (Wildman–Crippen LogP) is 1.66. The molecule has 4 heteroatoms. The van der Waals surface area contributed by atoms with E-state index in [1.807, 2.05) is 37.3 Å². The molecular formula is C16H20N2O2. The summed E-state index contributed by atoms with van der Waals surface area (Å²) in [5, 5.41) is 0. The molecule has 1 saturated carbocycles. The highest BCUT2D eigenvalue weighted by atomic mass is 16.2. The molecule has 0 radical (unpaired) electrons. The summed E-state index contributed by atoms with van der Waals surface area (Å²) in [6.07, 6.45) is 2.38. The zero-order chi connectivity index (χ0) is 14.3. The Hall–Kier alpha value is -1.68. The third-order valence-electron chi connectivity index (χ3n) is 4.73. The van der Waals surface area contributed by atoms with E-state index < -0.39 is 5.54 Å². The number of benzene rings is 1. The lowest BCUT2D eigenvalue weighted by atomic mass is 9.93. The van der Waals surface area contributed by atoms with E-state index in [1.165, 1.54) is 4.90 Å². The first kappa shape index (κ1) is 13.3. The van der Waals surface area contributed by atoms with Crippen molar-refractivity contribution in [3.05, 3.63) is 35.9 Å². The van der Waals surface area contributed by atoms with Gasteiger partial charge in [-0.05, 0) is 31.2 Å².